The molecule has 2 atom stereocenters. The van der Waals surface area contributed by atoms with Crippen molar-refractivity contribution in [2.75, 3.05) is 7.11 Å². The first-order valence-corrected chi connectivity index (χ1v) is 4.32. The monoisotopic (exact) mass is 157 g/mol. The van der Waals surface area contributed by atoms with Crippen molar-refractivity contribution < 1.29 is 4.74 Å². The van der Waals surface area contributed by atoms with Gasteiger partial charge in [-0.3, -0.25) is 0 Å². The van der Waals surface area contributed by atoms with Crippen LogP contribution in [0.4, 0.5) is 0 Å². The molecule has 0 saturated heterocycles. The van der Waals surface area contributed by atoms with Crippen LogP contribution in [0.5, 0.6) is 0 Å². The predicted molar refractivity (Wildman–Crippen MR) is 46.4 cm³/mol. The molecule has 0 amide bonds. The SMILES string of the molecule is COC1CC(N)CC(C)(C)C1. The van der Waals surface area contributed by atoms with Gasteiger partial charge in [-0.05, 0) is 24.7 Å². The van der Waals surface area contributed by atoms with Crippen LogP contribution < -0.4 is 5.73 Å². The van der Waals surface area contributed by atoms with Gasteiger partial charge in [0.25, 0.3) is 0 Å². The normalized spacial score (nSPS) is 37.1. The van der Waals surface area contributed by atoms with Crippen LogP contribution >= 0.6 is 0 Å². The number of hydrogen-bond donors (Lipinski definition) is 1. The number of rotatable bonds is 1. The molecular weight excluding hydrogens is 138 g/mol. The summed E-state index contributed by atoms with van der Waals surface area (Å²) in [5.74, 6) is 0. The van der Waals surface area contributed by atoms with Crippen molar-refractivity contribution in [2.45, 2.75) is 45.3 Å². The summed E-state index contributed by atoms with van der Waals surface area (Å²) in [6.07, 6.45) is 3.69. The Morgan fingerprint density at radius 3 is 2.45 bits per heavy atom. The van der Waals surface area contributed by atoms with Crippen molar-refractivity contribution in [1.82, 2.24) is 0 Å². The lowest BCUT2D eigenvalue weighted by molar-refractivity contribution is 0.0179. The molecule has 0 aromatic carbocycles. The van der Waals surface area contributed by atoms with E-state index in [1.807, 2.05) is 0 Å². The standard InChI is InChI=1S/C9H19NO/c1-9(2)5-7(10)4-8(6-9)11-3/h7-8H,4-6,10H2,1-3H3. The smallest absolute Gasteiger partial charge is 0.0591 e. The zero-order valence-corrected chi connectivity index (χ0v) is 7.76. The molecule has 2 nitrogen and oxygen atoms in total. The van der Waals surface area contributed by atoms with Gasteiger partial charge in [0, 0.05) is 13.2 Å². The topological polar surface area (TPSA) is 35.2 Å². The molecule has 1 rings (SSSR count). The molecule has 2 N–H and O–H groups in total. The van der Waals surface area contributed by atoms with Gasteiger partial charge < -0.3 is 10.5 Å². The molecule has 0 aromatic heterocycles. The van der Waals surface area contributed by atoms with E-state index >= 15 is 0 Å². The fraction of sp³-hybridized carbons (Fsp3) is 1.00. The van der Waals surface area contributed by atoms with E-state index in [9.17, 15) is 0 Å². The first kappa shape index (κ1) is 9.01. The third-order valence-corrected chi connectivity index (χ3v) is 2.49. The van der Waals surface area contributed by atoms with Crippen molar-refractivity contribution >= 4 is 0 Å². The number of methoxy groups -OCH3 is 1. The van der Waals surface area contributed by atoms with Crippen LogP contribution in [-0.2, 0) is 4.74 Å². The highest BCUT2D eigenvalue weighted by Crippen LogP contribution is 2.35. The van der Waals surface area contributed by atoms with Crippen molar-refractivity contribution in [1.29, 1.82) is 0 Å². The van der Waals surface area contributed by atoms with Crippen LogP contribution in [0.15, 0.2) is 0 Å². The quantitative estimate of drug-likeness (QED) is 0.626. The van der Waals surface area contributed by atoms with Gasteiger partial charge in [0.05, 0.1) is 6.10 Å². The van der Waals surface area contributed by atoms with Crippen LogP contribution in [-0.4, -0.2) is 19.3 Å². The molecule has 0 aliphatic heterocycles. The average molecular weight is 157 g/mol. The highest BCUT2D eigenvalue weighted by molar-refractivity contribution is 4.86. The summed E-state index contributed by atoms with van der Waals surface area (Å²) in [7, 11) is 1.78. The maximum Gasteiger partial charge on any atom is 0.0591 e. The maximum atomic E-state index is 5.90. The van der Waals surface area contributed by atoms with Gasteiger partial charge in [0.1, 0.15) is 0 Å². The summed E-state index contributed by atoms with van der Waals surface area (Å²) in [4.78, 5) is 0. The molecule has 0 radical (unpaired) electrons. The molecule has 0 aromatic rings. The lowest BCUT2D eigenvalue weighted by Crippen LogP contribution is -2.40. The Bertz CT molecular complexity index is 134. The zero-order valence-electron chi connectivity index (χ0n) is 7.76. The Kier molecular flexibility index (Phi) is 2.55. The van der Waals surface area contributed by atoms with Crippen LogP contribution in [0.1, 0.15) is 33.1 Å². The molecule has 11 heavy (non-hydrogen) atoms. The van der Waals surface area contributed by atoms with Gasteiger partial charge in [0.15, 0.2) is 0 Å². The highest BCUT2D eigenvalue weighted by Gasteiger charge is 2.32. The summed E-state index contributed by atoms with van der Waals surface area (Å²) < 4.78 is 5.32. The largest absolute Gasteiger partial charge is 0.381 e. The molecule has 1 saturated carbocycles. The van der Waals surface area contributed by atoms with Gasteiger partial charge in [0.2, 0.25) is 0 Å². The minimum absolute atomic E-state index is 0.337. The fourth-order valence-corrected chi connectivity index (χ4v) is 2.09. The Labute approximate surface area is 69.1 Å². The zero-order chi connectivity index (χ0) is 8.48. The van der Waals surface area contributed by atoms with Crippen molar-refractivity contribution in [3.8, 4) is 0 Å². The molecular formula is C9H19NO. The van der Waals surface area contributed by atoms with Crippen molar-refractivity contribution in [2.24, 2.45) is 11.1 Å². The van der Waals surface area contributed by atoms with E-state index in [-0.39, 0.29) is 0 Å². The van der Waals surface area contributed by atoms with E-state index in [4.69, 9.17) is 10.5 Å². The first-order chi connectivity index (χ1) is 5.03. The first-order valence-electron chi connectivity index (χ1n) is 4.32. The van der Waals surface area contributed by atoms with E-state index in [0.29, 0.717) is 17.6 Å². The van der Waals surface area contributed by atoms with Gasteiger partial charge in [-0.2, -0.15) is 0 Å². The lowest BCUT2D eigenvalue weighted by Gasteiger charge is -2.37. The Morgan fingerprint density at radius 1 is 1.36 bits per heavy atom. The number of ether oxygens (including phenoxy) is 1. The van der Waals surface area contributed by atoms with E-state index in [1.165, 1.54) is 0 Å². The fourth-order valence-electron chi connectivity index (χ4n) is 2.09. The van der Waals surface area contributed by atoms with E-state index in [0.717, 1.165) is 19.3 Å². The third kappa shape index (κ3) is 2.46. The Hall–Kier alpha value is -0.0800. The van der Waals surface area contributed by atoms with Crippen molar-refractivity contribution in [3.63, 3.8) is 0 Å². The van der Waals surface area contributed by atoms with Gasteiger partial charge >= 0.3 is 0 Å². The summed E-state index contributed by atoms with van der Waals surface area (Å²) in [5, 5.41) is 0. The second-order valence-electron chi connectivity index (χ2n) is 4.43. The Morgan fingerprint density at radius 2 is 2.00 bits per heavy atom. The predicted octanol–water partition coefficient (Wildman–Crippen LogP) is 1.54. The van der Waals surface area contributed by atoms with Crippen LogP contribution in [0.25, 0.3) is 0 Å². The second kappa shape index (κ2) is 3.11. The lowest BCUT2D eigenvalue weighted by atomic mass is 9.74. The number of nitrogens with two attached hydrogens (primary N) is 1. The van der Waals surface area contributed by atoms with Gasteiger partial charge in [-0.15, -0.1) is 0 Å². The molecule has 0 spiro atoms. The van der Waals surface area contributed by atoms with Crippen LogP contribution in [0, 0.1) is 5.41 Å². The summed E-state index contributed by atoms with van der Waals surface area (Å²) in [6, 6.07) is 0.337. The molecule has 1 aliphatic rings. The molecule has 1 aliphatic carbocycles. The van der Waals surface area contributed by atoms with Crippen LogP contribution in [0.3, 0.4) is 0 Å². The maximum absolute atomic E-state index is 5.90. The minimum Gasteiger partial charge on any atom is -0.381 e. The molecule has 0 heterocycles. The number of hydrogen-bond acceptors (Lipinski definition) is 2. The van der Waals surface area contributed by atoms with Gasteiger partial charge in [-0.1, -0.05) is 13.8 Å². The molecule has 66 valence electrons. The van der Waals surface area contributed by atoms with E-state index in [2.05, 4.69) is 13.8 Å². The summed E-state index contributed by atoms with van der Waals surface area (Å²) in [6.45, 7) is 4.52. The molecule has 2 unspecified atom stereocenters. The average Bonchev–Trinajstić information content (AvgIpc) is 1.83. The Balaban J connectivity index is 2.51. The van der Waals surface area contributed by atoms with Crippen LogP contribution in [0.2, 0.25) is 0 Å². The van der Waals surface area contributed by atoms with Gasteiger partial charge in [-0.25, -0.2) is 0 Å². The van der Waals surface area contributed by atoms with E-state index in [1.54, 1.807) is 7.11 Å². The second-order valence-corrected chi connectivity index (χ2v) is 4.43. The molecule has 0 bridgehead atoms. The molecule has 2 heteroatoms. The summed E-state index contributed by atoms with van der Waals surface area (Å²) in [5.41, 5.74) is 6.27. The van der Waals surface area contributed by atoms with Crippen molar-refractivity contribution in [3.05, 3.63) is 0 Å². The summed E-state index contributed by atoms with van der Waals surface area (Å²) >= 11 is 0. The minimum atomic E-state index is 0.337. The highest BCUT2D eigenvalue weighted by atomic mass is 16.5. The third-order valence-electron chi connectivity index (χ3n) is 2.49. The molecule has 1 fully saturated rings. The van der Waals surface area contributed by atoms with E-state index < -0.39 is 0 Å².